The van der Waals surface area contributed by atoms with Gasteiger partial charge in [0.05, 0.1) is 0 Å². The number of piperazine rings is 1. The molecule has 1 N–H and O–H groups in total. The quantitative estimate of drug-likeness (QED) is 0.877. The third kappa shape index (κ3) is 3.82. The van der Waals surface area contributed by atoms with Gasteiger partial charge in [-0.2, -0.15) is 0 Å². The van der Waals surface area contributed by atoms with Gasteiger partial charge in [-0.1, -0.05) is 30.7 Å². The molecule has 100 valence electrons. The summed E-state index contributed by atoms with van der Waals surface area (Å²) < 4.78 is 0. The van der Waals surface area contributed by atoms with E-state index in [1.165, 1.54) is 42.7 Å². The molecular formula is C16H26N2. The van der Waals surface area contributed by atoms with Crippen molar-refractivity contribution in [3.8, 4) is 0 Å². The molecule has 0 bridgehead atoms. The Labute approximate surface area is 111 Å². The summed E-state index contributed by atoms with van der Waals surface area (Å²) in [7, 11) is 0. The lowest BCUT2D eigenvalue weighted by Gasteiger charge is -2.29. The fourth-order valence-corrected chi connectivity index (χ4v) is 2.79. The van der Waals surface area contributed by atoms with Crippen molar-refractivity contribution in [1.82, 2.24) is 10.2 Å². The van der Waals surface area contributed by atoms with Gasteiger partial charge in [0.1, 0.15) is 0 Å². The number of rotatable bonds is 4. The van der Waals surface area contributed by atoms with E-state index in [1.54, 1.807) is 0 Å². The summed E-state index contributed by atoms with van der Waals surface area (Å²) in [5.74, 6) is 0.739. The molecule has 1 aliphatic heterocycles. The Morgan fingerprint density at radius 3 is 2.67 bits per heavy atom. The first-order valence-corrected chi connectivity index (χ1v) is 7.14. The van der Waals surface area contributed by atoms with Crippen LogP contribution in [-0.2, 0) is 6.42 Å². The van der Waals surface area contributed by atoms with Gasteiger partial charge in [-0.05, 0) is 37.3 Å². The van der Waals surface area contributed by atoms with Crippen LogP contribution in [0, 0.1) is 19.8 Å². The normalized spacial score (nSPS) is 18.8. The largest absolute Gasteiger partial charge is 0.314 e. The lowest BCUT2D eigenvalue weighted by Crippen LogP contribution is -2.45. The average Bonchev–Trinajstić information content (AvgIpc) is 2.35. The van der Waals surface area contributed by atoms with Crippen LogP contribution in [0.4, 0.5) is 0 Å². The van der Waals surface area contributed by atoms with Crippen LogP contribution in [0.3, 0.4) is 0 Å². The summed E-state index contributed by atoms with van der Waals surface area (Å²) in [6.07, 6.45) is 1.21. The van der Waals surface area contributed by atoms with E-state index in [-0.39, 0.29) is 0 Å². The monoisotopic (exact) mass is 246 g/mol. The van der Waals surface area contributed by atoms with Crippen molar-refractivity contribution < 1.29 is 0 Å². The molecule has 0 saturated carbocycles. The van der Waals surface area contributed by atoms with Crippen LogP contribution >= 0.6 is 0 Å². The summed E-state index contributed by atoms with van der Waals surface area (Å²) in [6, 6.07) is 6.81. The predicted molar refractivity (Wildman–Crippen MR) is 78.1 cm³/mol. The van der Waals surface area contributed by atoms with Crippen LogP contribution in [0.25, 0.3) is 0 Å². The molecule has 1 heterocycles. The molecule has 1 aromatic rings. The zero-order chi connectivity index (χ0) is 13.0. The Kier molecular flexibility index (Phi) is 4.79. The van der Waals surface area contributed by atoms with E-state index in [9.17, 15) is 0 Å². The van der Waals surface area contributed by atoms with Gasteiger partial charge in [0, 0.05) is 32.7 Å². The number of benzene rings is 1. The SMILES string of the molecule is Cc1ccc(C)c(CC(C)CN2CCNCC2)c1. The van der Waals surface area contributed by atoms with Gasteiger partial charge >= 0.3 is 0 Å². The maximum Gasteiger partial charge on any atom is 0.0107 e. The molecule has 2 rings (SSSR count). The molecular weight excluding hydrogens is 220 g/mol. The van der Waals surface area contributed by atoms with Crippen LogP contribution in [-0.4, -0.2) is 37.6 Å². The Bertz CT molecular complexity index is 381. The topological polar surface area (TPSA) is 15.3 Å². The summed E-state index contributed by atoms with van der Waals surface area (Å²) in [4.78, 5) is 2.59. The second-order valence-electron chi connectivity index (χ2n) is 5.79. The summed E-state index contributed by atoms with van der Waals surface area (Å²) in [5.41, 5.74) is 4.34. The third-order valence-corrected chi connectivity index (χ3v) is 3.85. The smallest absolute Gasteiger partial charge is 0.0107 e. The molecule has 0 aliphatic carbocycles. The highest BCUT2D eigenvalue weighted by Gasteiger charge is 2.14. The van der Waals surface area contributed by atoms with Gasteiger partial charge in [0.2, 0.25) is 0 Å². The first-order valence-electron chi connectivity index (χ1n) is 7.14. The molecule has 18 heavy (non-hydrogen) atoms. The number of nitrogens with one attached hydrogen (secondary N) is 1. The van der Waals surface area contributed by atoms with Crippen molar-refractivity contribution in [1.29, 1.82) is 0 Å². The number of hydrogen-bond acceptors (Lipinski definition) is 2. The van der Waals surface area contributed by atoms with E-state index >= 15 is 0 Å². The van der Waals surface area contributed by atoms with Gasteiger partial charge in [0.15, 0.2) is 0 Å². The van der Waals surface area contributed by atoms with E-state index in [2.05, 4.69) is 49.2 Å². The Balaban J connectivity index is 1.89. The molecule has 1 aliphatic rings. The second kappa shape index (κ2) is 6.35. The van der Waals surface area contributed by atoms with Crippen LogP contribution in [0.2, 0.25) is 0 Å². The van der Waals surface area contributed by atoms with Crippen molar-refractivity contribution in [2.75, 3.05) is 32.7 Å². The maximum atomic E-state index is 3.41. The number of nitrogens with zero attached hydrogens (tertiary/aromatic N) is 1. The van der Waals surface area contributed by atoms with Crippen molar-refractivity contribution in [3.63, 3.8) is 0 Å². The zero-order valence-electron chi connectivity index (χ0n) is 12.0. The molecule has 0 spiro atoms. The van der Waals surface area contributed by atoms with E-state index in [0.29, 0.717) is 0 Å². The van der Waals surface area contributed by atoms with Gasteiger partial charge in [-0.3, -0.25) is 0 Å². The van der Waals surface area contributed by atoms with Crippen LogP contribution in [0.15, 0.2) is 18.2 Å². The lowest BCUT2D eigenvalue weighted by molar-refractivity contribution is 0.211. The standard InChI is InChI=1S/C16H26N2/c1-13-4-5-15(3)16(10-13)11-14(2)12-18-8-6-17-7-9-18/h4-5,10,14,17H,6-9,11-12H2,1-3H3. The Hall–Kier alpha value is -0.860. The highest BCUT2D eigenvalue weighted by Crippen LogP contribution is 2.16. The molecule has 2 nitrogen and oxygen atoms in total. The molecule has 0 aromatic heterocycles. The van der Waals surface area contributed by atoms with Gasteiger partial charge in [-0.25, -0.2) is 0 Å². The van der Waals surface area contributed by atoms with E-state index in [1.807, 2.05) is 0 Å². The average molecular weight is 246 g/mol. The molecule has 1 saturated heterocycles. The molecule has 1 fully saturated rings. The fourth-order valence-electron chi connectivity index (χ4n) is 2.79. The van der Waals surface area contributed by atoms with Gasteiger partial charge in [0.25, 0.3) is 0 Å². The van der Waals surface area contributed by atoms with Crippen LogP contribution < -0.4 is 5.32 Å². The lowest BCUT2D eigenvalue weighted by atomic mass is 9.95. The van der Waals surface area contributed by atoms with E-state index < -0.39 is 0 Å². The third-order valence-electron chi connectivity index (χ3n) is 3.85. The first-order chi connectivity index (χ1) is 8.65. The predicted octanol–water partition coefficient (Wildman–Crippen LogP) is 2.39. The summed E-state index contributed by atoms with van der Waals surface area (Å²) in [6.45, 7) is 12.7. The van der Waals surface area contributed by atoms with Crippen LogP contribution in [0.1, 0.15) is 23.6 Å². The van der Waals surface area contributed by atoms with Gasteiger partial charge in [-0.15, -0.1) is 0 Å². The zero-order valence-corrected chi connectivity index (χ0v) is 12.0. The fraction of sp³-hybridized carbons (Fsp3) is 0.625. The van der Waals surface area contributed by atoms with E-state index in [0.717, 1.165) is 19.0 Å². The first kappa shape index (κ1) is 13.6. The molecule has 0 radical (unpaired) electrons. The van der Waals surface area contributed by atoms with Gasteiger partial charge < -0.3 is 10.2 Å². The summed E-state index contributed by atoms with van der Waals surface area (Å²) >= 11 is 0. The molecule has 1 atom stereocenters. The summed E-state index contributed by atoms with van der Waals surface area (Å²) in [5, 5.41) is 3.41. The second-order valence-corrected chi connectivity index (χ2v) is 5.79. The number of aryl methyl sites for hydroxylation is 2. The highest BCUT2D eigenvalue weighted by atomic mass is 15.2. The van der Waals surface area contributed by atoms with Crippen molar-refractivity contribution in [2.45, 2.75) is 27.2 Å². The minimum absolute atomic E-state index is 0.739. The van der Waals surface area contributed by atoms with Crippen LogP contribution in [0.5, 0.6) is 0 Å². The van der Waals surface area contributed by atoms with E-state index in [4.69, 9.17) is 0 Å². The molecule has 0 amide bonds. The molecule has 1 aromatic carbocycles. The number of hydrogen-bond donors (Lipinski definition) is 1. The minimum Gasteiger partial charge on any atom is -0.314 e. The molecule has 2 heteroatoms. The Morgan fingerprint density at radius 1 is 1.22 bits per heavy atom. The van der Waals surface area contributed by atoms with Crippen molar-refractivity contribution in [3.05, 3.63) is 34.9 Å². The minimum atomic E-state index is 0.739. The molecule has 1 unspecified atom stereocenters. The van der Waals surface area contributed by atoms with Crippen molar-refractivity contribution >= 4 is 0 Å². The highest BCUT2D eigenvalue weighted by molar-refractivity contribution is 5.30. The Morgan fingerprint density at radius 2 is 1.94 bits per heavy atom. The van der Waals surface area contributed by atoms with Crippen molar-refractivity contribution in [2.24, 2.45) is 5.92 Å². The maximum absolute atomic E-state index is 3.41.